The molecule has 0 bridgehead atoms. The first-order valence-electron chi connectivity index (χ1n) is 12.9. The van der Waals surface area contributed by atoms with E-state index in [1.807, 2.05) is 0 Å². The van der Waals surface area contributed by atoms with Crippen molar-refractivity contribution in [1.82, 2.24) is 4.31 Å². The zero-order chi connectivity index (χ0) is 27.8. The maximum atomic E-state index is 13.7. The van der Waals surface area contributed by atoms with Crippen molar-refractivity contribution in [1.29, 1.82) is 0 Å². The number of carboxylic acids is 1. The zero-order valence-electron chi connectivity index (χ0n) is 21.2. The fourth-order valence-electron chi connectivity index (χ4n) is 4.53. The number of aromatic carboxylic acids is 1. The van der Waals surface area contributed by atoms with Gasteiger partial charge < -0.3 is 5.11 Å². The maximum absolute atomic E-state index is 13.7. The Labute approximate surface area is 223 Å². The van der Waals surface area contributed by atoms with Gasteiger partial charge in [0.2, 0.25) is 10.0 Å². The summed E-state index contributed by atoms with van der Waals surface area (Å²) in [7, 11) is -8.32. The van der Waals surface area contributed by atoms with Crippen molar-refractivity contribution in [2.75, 3.05) is 13.1 Å². The lowest BCUT2D eigenvalue weighted by molar-refractivity contribution is -0.384. The number of nitrogens with zero attached hydrogens (tertiary/aromatic N) is 2. The molecule has 38 heavy (non-hydrogen) atoms. The minimum Gasteiger partial charge on any atom is -0.478 e. The van der Waals surface area contributed by atoms with Crippen LogP contribution in [0.3, 0.4) is 0 Å². The van der Waals surface area contributed by atoms with Crippen LogP contribution in [0.5, 0.6) is 0 Å². The SMILES string of the molecule is O=C(O)c1cc(S(=O)(=O)Cc2ccc([N+](=O)[O-])cc2)cc(S(=O)(=O)N2CCCCCCCCCCCC2)c1. The van der Waals surface area contributed by atoms with Crippen molar-refractivity contribution in [3.8, 4) is 0 Å². The number of carboxylic acid groups (broad SMARTS) is 1. The second-order valence-corrected chi connectivity index (χ2v) is 13.5. The van der Waals surface area contributed by atoms with Crippen molar-refractivity contribution in [2.24, 2.45) is 0 Å². The average molecular weight is 567 g/mol. The molecule has 12 heteroatoms. The molecule has 1 aliphatic rings. The number of nitro benzene ring substituents is 1. The summed E-state index contributed by atoms with van der Waals surface area (Å²) in [6.45, 7) is 0.565. The summed E-state index contributed by atoms with van der Waals surface area (Å²) in [6, 6.07) is 7.91. The van der Waals surface area contributed by atoms with Crippen LogP contribution >= 0.6 is 0 Å². The highest BCUT2D eigenvalue weighted by molar-refractivity contribution is 7.91. The molecular weight excluding hydrogens is 532 g/mol. The van der Waals surface area contributed by atoms with E-state index in [2.05, 4.69) is 0 Å². The van der Waals surface area contributed by atoms with Crippen LogP contribution in [0.15, 0.2) is 52.3 Å². The van der Waals surface area contributed by atoms with Crippen molar-refractivity contribution in [3.05, 3.63) is 63.7 Å². The molecule has 2 aromatic rings. The van der Waals surface area contributed by atoms with Crippen LogP contribution in [-0.2, 0) is 25.6 Å². The Balaban J connectivity index is 1.93. The third-order valence-corrected chi connectivity index (χ3v) is 10.2. The summed E-state index contributed by atoms with van der Waals surface area (Å²) < 4.78 is 55.1. The summed E-state index contributed by atoms with van der Waals surface area (Å²) in [5.74, 6) is -2.02. The van der Waals surface area contributed by atoms with E-state index in [4.69, 9.17) is 0 Å². The highest BCUT2D eigenvalue weighted by atomic mass is 32.2. The molecule has 0 spiro atoms. The van der Waals surface area contributed by atoms with Gasteiger partial charge in [0.15, 0.2) is 9.84 Å². The van der Waals surface area contributed by atoms with E-state index in [-0.39, 0.29) is 29.2 Å². The highest BCUT2D eigenvalue weighted by Gasteiger charge is 2.28. The third kappa shape index (κ3) is 8.08. The number of nitro groups is 1. The van der Waals surface area contributed by atoms with Gasteiger partial charge in [-0.05, 0) is 36.6 Å². The van der Waals surface area contributed by atoms with Gasteiger partial charge in [0.1, 0.15) is 0 Å². The van der Waals surface area contributed by atoms with Gasteiger partial charge >= 0.3 is 5.97 Å². The number of carbonyl (C=O) groups is 1. The van der Waals surface area contributed by atoms with Crippen LogP contribution in [0.2, 0.25) is 0 Å². The molecule has 0 atom stereocenters. The molecule has 208 valence electrons. The largest absolute Gasteiger partial charge is 0.478 e. The number of benzene rings is 2. The average Bonchev–Trinajstić information content (AvgIpc) is 2.90. The first kappa shape index (κ1) is 29.7. The standard InChI is InChI=1S/C26H34N2O8S2/c29-26(30)22-17-24(37(33,34)20-21-11-13-23(14-12-21)28(31)32)19-25(18-22)38(35,36)27-15-9-7-5-3-1-2-4-6-8-10-16-27/h11-14,17-19H,1-10,15-16,20H2,(H,29,30). The predicted octanol–water partition coefficient (Wildman–Crippen LogP) is 5.17. The maximum Gasteiger partial charge on any atom is 0.335 e. The minimum absolute atomic E-state index is 0.200. The molecule has 0 radical (unpaired) electrons. The molecule has 0 unspecified atom stereocenters. The number of non-ortho nitro benzene ring substituents is 1. The van der Waals surface area contributed by atoms with E-state index >= 15 is 0 Å². The Morgan fingerprint density at radius 1 is 0.789 bits per heavy atom. The van der Waals surface area contributed by atoms with Gasteiger partial charge in [0.05, 0.1) is 26.0 Å². The number of sulfone groups is 1. The third-order valence-electron chi connectivity index (χ3n) is 6.69. The molecule has 0 aromatic heterocycles. The number of sulfonamides is 1. The first-order valence-corrected chi connectivity index (χ1v) is 15.9. The summed E-state index contributed by atoms with van der Waals surface area (Å²) in [5, 5.41) is 20.5. The number of hydrogen-bond donors (Lipinski definition) is 1. The molecule has 1 N–H and O–H groups in total. The Bertz CT molecular complexity index is 1330. The van der Waals surface area contributed by atoms with Crippen LogP contribution in [0.1, 0.15) is 80.1 Å². The fraction of sp³-hybridized carbons (Fsp3) is 0.500. The van der Waals surface area contributed by atoms with Gasteiger partial charge in [0.25, 0.3) is 5.69 Å². The molecule has 0 amide bonds. The molecule has 1 heterocycles. The monoisotopic (exact) mass is 566 g/mol. The van der Waals surface area contributed by atoms with E-state index in [0.717, 1.165) is 56.7 Å². The lowest BCUT2D eigenvalue weighted by atomic mass is 10.1. The highest BCUT2D eigenvalue weighted by Crippen LogP contribution is 2.26. The molecule has 3 rings (SSSR count). The van der Waals surface area contributed by atoms with Crippen LogP contribution in [0.4, 0.5) is 5.69 Å². The summed E-state index contributed by atoms with van der Waals surface area (Å²) in [4.78, 5) is 21.3. The summed E-state index contributed by atoms with van der Waals surface area (Å²) >= 11 is 0. The molecule has 0 saturated carbocycles. The lowest BCUT2D eigenvalue weighted by Crippen LogP contribution is -2.33. The molecule has 1 saturated heterocycles. The lowest BCUT2D eigenvalue weighted by Gasteiger charge is -2.23. The minimum atomic E-state index is -4.17. The van der Waals surface area contributed by atoms with Gasteiger partial charge in [-0.15, -0.1) is 0 Å². The van der Waals surface area contributed by atoms with Crippen molar-refractivity contribution in [2.45, 2.75) is 79.8 Å². The van der Waals surface area contributed by atoms with E-state index in [0.29, 0.717) is 12.8 Å². The molecular formula is C26H34N2O8S2. The van der Waals surface area contributed by atoms with Crippen LogP contribution in [0, 0.1) is 10.1 Å². The van der Waals surface area contributed by atoms with Gasteiger partial charge in [-0.3, -0.25) is 10.1 Å². The summed E-state index contributed by atoms with van der Waals surface area (Å²) in [5.41, 5.74) is -0.395. The first-order chi connectivity index (χ1) is 18.0. The van der Waals surface area contributed by atoms with Crippen LogP contribution < -0.4 is 0 Å². The van der Waals surface area contributed by atoms with E-state index in [9.17, 15) is 36.9 Å². The zero-order valence-corrected chi connectivity index (χ0v) is 22.9. The number of hydrogen-bond acceptors (Lipinski definition) is 7. The number of rotatable bonds is 7. The van der Waals surface area contributed by atoms with Crippen LogP contribution in [0.25, 0.3) is 0 Å². The predicted molar refractivity (Wildman–Crippen MR) is 142 cm³/mol. The quantitative estimate of drug-likeness (QED) is 0.356. The summed E-state index contributed by atoms with van der Waals surface area (Å²) in [6.07, 6.45) is 9.74. The Kier molecular flexibility index (Phi) is 10.4. The molecule has 10 nitrogen and oxygen atoms in total. The van der Waals surface area contributed by atoms with Crippen molar-refractivity contribution in [3.63, 3.8) is 0 Å². The topological polar surface area (TPSA) is 152 Å². The molecule has 2 aromatic carbocycles. The smallest absolute Gasteiger partial charge is 0.335 e. The van der Waals surface area contributed by atoms with E-state index in [1.165, 1.54) is 41.4 Å². The molecule has 0 aliphatic carbocycles. The Hall–Kier alpha value is -2.83. The second-order valence-electron chi connectivity index (χ2n) is 9.62. The molecule has 1 fully saturated rings. The van der Waals surface area contributed by atoms with Gasteiger partial charge in [-0.2, -0.15) is 4.31 Å². The van der Waals surface area contributed by atoms with Crippen molar-refractivity contribution >= 4 is 31.5 Å². The van der Waals surface area contributed by atoms with Gasteiger partial charge in [-0.1, -0.05) is 63.5 Å². The van der Waals surface area contributed by atoms with Gasteiger partial charge in [-0.25, -0.2) is 21.6 Å². The normalized spacial score (nSPS) is 17.1. The fourth-order valence-corrected chi connectivity index (χ4v) is 7.61. The van der Waals surface area contributed by atoms with Gasteiger partial charge in [0, 0.05) is 25.2 Å². The van der Waals surface area contributed by atoms with Crippen molar-refractivity contribution < 1.29 is 31.7 Å². The van der Waals surface area contributed by atoms with E-state index < -0.39 is 47.0 Å². The molecule has 1 aliphatic heterocycles. The second kappa shape index (κ2) is 13.3. The van der Waals surface area contributed by atoms with Crippen LogP contribution in [-0.4, -0.2) is 50.2 Å². The van der Waals surface area contributed by atoms with E-state index in [1.54, 1.807) is 0 Å². The Morgan fingerprint density at radius 2 is 1.26 bits per heavy atom. The Morgan fingerprint density at radius 3 is 1.74 bits per heavy atom.